The maximum Gasteiger partial charge on any atom is 0.231 e. The van der Waals surface area contributed by atoms with Crippen molar-refractivity contribution in [3.05, 3.63) is 69.7 Å². The predicted molar refractivity (Wildman–Crippen MR) is 119 cm³/mol. The van der Waals surface area contributed by atoms with Crippen molar-refractivity contribution in [2.24, 2.45) is 5.92 Å². The molecule has 4 rings (SSSR count). The maximum atomic E-state index is 12.7. The molecule has 0 saturated carbocycles. The fraction of sp³-hybridized carbons (Fsp3) is 0.273. The Balaban J connectivity index is 1.34. The molecule has 8 heteroatoms. The van der Waals surface area contributed by atoms with Gasteiger partial charge < -0.3 is 10.2 Å². The van der Waals surface area contributed by atoms with Gasteiger partial charge in [0.05, 0.1) is 5.92 Å². The average molecular weight is 441 g/mol. The summed E-state index contributed by atoms with van der Waals surface area (Å²) in [6.07, 6.45) is 1.80. The third-order valence-electron chi connectivity index (χ3n) is 5.13. The van der Waals surface area contributed by atoms with Crippen LogP contribution in [0.15, 0.2) is 48.5 Å². The highest BCUT2D eigenvalue weighted by atomic mass is 35.5. The fourth-order valence-corrected chi connectivity index (χ4v) is 4.31. The number of anilines is 2. The van der Waals surface area contributed by atoms with Crippen molar-refractivity contribution in [2.45, 2.75) is 26.2 Å². The number of aryl methyl sites for hydroxylation is 3. The molecule has 2 aromatic carbocycles. The van der Waals surface area contributed by atoms with Crippen LogP contribution >= 0.6 is 22.9 Å². The largest absolute Gasteiger partial charge is 0.312 e. The summed E-state index contributed by atoms with van der Waals surface area (Å²) in [6, 6.07) is 15.7. The number of carbonyl (C=O) groups excluding carboxylic acids is 2. The second kappa shape index (κ2) is 8.93. The molecule has 0 spiro atoms. The Morgan fingerprint density at radius 2 is 2.00 bits per heavy atom. The van der Waals surface area contributed by atoms with Crippen LogP contribution in [0, 0.1) is 12.8 Å². The molecule has 30 heavy (non-hydrogen) atoms. The van der Waals surface area contributed by atoms with Crippen LogP contribution in [0.2, 0.25) is 5.02 Å². The fourth-order valence-electron chi connectivity index (χ4n) is 3.39. The van der Waals surface area contributed by atoms with Crippen molar-refractivity contribution in [1.82, 2.24) is 10.2 Å². The Kier molecular flexibility index (Phi) is 6.11. The van der Waals surface area contributed by atoms with Gasteiger partial charge in [0.15, 0.2) is 0 Å². The summed E-state index contributed by atoms with van der Waals surface area (Å²) in [5.41, 5.74) is 2.89. The van der Waals surface area contributed by atoms with Gasteiger partial charge in [0.25, 0.3) is 0 Å². The van der Waals surface area contributed by atoms with E-state index in [1.54, 1.807) is 11.0 Å². The number of benzene rings is 2. The second-order valence-electron chi connectivity index (χ2n) is 7.31. The minimum atomic E-state index is -0.436. The Labute approximate surface area is 183 Å². The summed E-state index contributed by atoms with van der Waals surface area (Å²) < 4.78 is 0. The predicted octanol–water partition coefficient (Wildman–Crippen LogP) is 4.28. The minimum Gasteiger partial charge on any atom is -0.312 e. The van der Waals surface area contributed by atoms with Gasteiger partial charge in [0.1, 0.15) is 5.01 Å². The molecule has 154 valence electrons. The van der Waals surface area contributed by atoms with E-state index in [2.05, 4.69) is 27.6 Å². The molecular formula is C22H21ClN4O2S. The first-order valence-electron chi connectivity index (χ1n) is 9.73. The van der Waals surface area contributed by atoms with Crippen molar-refractivity contribution in [2.75, 3.05) is 16.8 Å². The number of hydrogen-bond acceptors (Lipinski definition) is 5. The standard InChI is InChI=1S/C22H21ClN4O2S/c1-14-7-9-17(12-18(14)23)27-13-16(11-20(27)28)21(29)24-22-26-25-19(30-22)10-8-15-5-3-2-4-6-15/h2-7,9,12,16H,8,10-11,13H2,1H3,(H,24,26,29). The number of amides is 2. The highest BCUT2D eigenvalue weighted by Gasteiger charge is 2.35. The number of rotatable bonds is 6. The van der Waals surface area contributed by atoms with Gasteiger partial charge in [-0.2, -0.15) is 0 Å². The molecule has 0 aliphatic carbocycles. The van der Waals surface area contributed by atoms with Gasteiger partial charge in [-0.15, -0.1) is 10.2 Å². The maximum absolute atomic E-state index is 12.7. The van der Waals surface area contributed by atoms with E-state index in [0.717, 1.165) is 23.4 Å². The first-order chi connectivity index (χ1) is 14.5. The zero-order valence-corrected chi connectivity index (χ0v) is 18.0. The van der Waals surface area contributed by atoms with Crippen molar-refractivity contribution in [3.8, 4) is 0 Å². The molecule has 6 nitrogen and oxygen atoms in total. The summed E-state index contributed by atoms with van der Waals surface area (Å²) in [7, 11) is 0. The quantitative estimate of drug-likeness (QED) is 0.620. The number of carbonyl (C=O) groups is 2. The highest BCUT2D eigenvalue weighted by molar-refractivity contribution is 7.15. The lowest BCUT2D eigenvalue weighted by atomic mass is 10.1. The summed E-state index contributed by atoms with van der Waals surface area (Å²) in [5, 5.41) is 13.0. The molecule has 1 unspecified atom stereocenters. The van der Waals surface area contributed by atoms with E-state index in [1.807, 2.05) is 37.3 Å². The van der Waals surface area contributed by atoms with Crippen LogP contribution in [-0.4, -0.2) is 28.6 Å². The monoisotopic (exact) mass is 440 g/mol. The van der Waals surface area contributed by atoms with Gasteiger partial charge in [-0.25, -0.2) is 0 Å². The Morgan fingerprint density at radius 3 is 2.77 bits per heavy atom. The van der Waals surface area contributed by atoms with Crippen LogP contribution in [0.4, 0.5) is 10.8 Å². The van der Waals surface area contributed by atoms with Crippen LogP contribution in [0.25, 0.3) is 0 Å². The summed E-state index contributed by atoms with van der Waals surface area (Å²) in [4.78, 5) is 26.7. The second-order valence-corrected chi connectivity index (χ2v) is 8.78. The molecule has 1 aliphatic rings. The van der Waals surface area contributed by atoms with Crippen molar-refractivity contribution in [1.29, 1.82) is 0 Å². The van der Waals surface area contributed by atoms with Gasteiger partial charge in [-0.3, -0.25) is 9.59 Å². The normalized spacial score (nSPS) is 16.1. The van der Waals surface area contributed by atoms with Crippen LogP contribution in [0.1, 0.15) is 22.6 Å². The van der Waals surface area contributed by atoms with E-state index >= 15 is 0 Å². The Bertz CT molecular complexity index is 1070. The molecule has 1 N–H and O–H groups in total. The van der Waals surface area contributed by atoms with Gasteiger partial charge in [0.2, 0.25) is 16.9 Å². The molecule has 1 saturated heterocycles. The van der Waals surface area contributed by atoms with Gasteiger partial charge in [-0.1, -0.05) is 59.3 Å². The van der Waals surface area contributed by atoms with Gasteiger partial charge in [-0.05, 0) is 36.6 Å². The zero-order valence-electron chi connectivity index (χ0n) is 16.5. The van der Waals surface area contributed by atoms with Gasteiger partial charge >= 0.3 is 0 Å². The first-order valence-corrected chi connectivity index (χ1v) is 10.9. The molecule has 0 bridgehead atoms. The third kappa shape index (κ3) is 4.68. The number of nitrogens with one attached hydrogen (secondary N) is 1. The summed E-state index contributed by atoms with van der Waals surface area (Å²) >= 11 is 7.55. The van der Waals surface area contributed by atoms with Crippen molar-refractivity contribution < 1.29 is 9.59 Å². The van der Waals surface area contributed by atoms with E-state index in [9.17, 15) is 9.59 Å². The smallest absolute Gasteiger partial charge is 0.231 e. The van der Waals surface area contributed by atoms with Gasteiger partial charge in [0, 0.05) is 30.1 Å². The molecule has 2 amide bonds. The van der Waals surface area contributed by atoms with Crippen molar-refractivity contribution in [3.63, 3.8) is 0 Å². The molecule has 1 fully saturated rings. The number of nitrogens with zero attached hydrogens (tertiary/aromatic N) is 3. The zero-order chi connectivity index (χ0) is 21.1. The van der Waals surface area contributed by atoms with Crippen LogP contribution in [0.3, 0.4) is 0 Å². The number of hydrogen-bond donors (Lipinski definition) is 1. The topological polar surface area (TPSA) is 75.2 Å². The molecule has 1 aromatic heterocycles. The van der Waals surface area contributed by atoms with E-state index in [4.69, 9.17) is 11.6 Å². The number of halogens is 1. The minimum absolute atomic E-state index is 0.0871. The molecular weight excluding hydrogens is 420 g/mol. The molecule has 2 heterocycles. The van der Waals surface area contributed by atoms with E-state index < -0.39 is 5.92 Å². The Morgan fingerprint density at radius 1 is 1.20 bits per heavy atom. The van der Waals surface area contributed by atoms with Crippen molar-refractivity contribution >= 4 is 45.6 Å². The lowest BCUT2D eigenvalue weighted by Gasteiger charge is -2.17. The van der Waals surface area contributed by atoms with Crippen LogP contribution in [-0.2, 0) is 22.4 Å². The van der Waals surface area contributed by atoms with E-state index in [0.29, 0.717) is 22.4 Å². The van der Waals surface area contributed by atoms with E-state index in [1.165, 1.54) is 16.9 Å². The Hall–Kier alpha value is -2.77. The average Bonchev–Trinajstić information content (AvgIpc) is 3.36. The summed E-state index contributed by atoms with van der Waals surface area (Å²) in [6.45, 7) is 2.23. The molecule has 3 aromatic rings. The third-order valence-corrected chi connectivity index (χ3v) is 6.44. The van der Waals surface area contributed by atoms with Crippen LogP contribution in [0.5, 0.6) is 0 Å². The molecule has 1 atom stereocenters. The SMILES string of the molecule is Cc1ccc(N2CC(C(=O)Nc3nnc(CCc4ccccc4)s3)CC2=O)cc1Cl. The molecule has 1 aliphatic heterocycles. The lowest BCUT2D eigenvalue weighted by Crippen LogP contribution is -2.28. The molecule has 0 radical (unpaired) electrons. The lowest BCUT2D eigenvalue weighted by molar-refractivity contribution is -0.122. The number of aromatic nitrogens is 2. The summed E-state index contributed by atoms with van der Waals surface area (Å²) in [5.74, 6) is -0.736. The highest BCUT2D eigenvalue weighted by Crippen LogP contribution is 2.29. The first kappa shape index (κ1) is 20.5. The van der Waals surface area contributed by atoms with E-state index in [-0.39, 0.29) is 18.2 Å². The van der Waals surface area contributed by atoms with Crippen LogP contribution < -0.4 is 10.2 Å².